The van der Waals surface area contributed by atoms with Crippen molar-refractivity contribution in [3.05, 3.63) is 38.8 Å². The summed E-state index contributed by atoms with van der Waals surface area (Å²) >= 11 is 17.5. The normalized spacial score (nSPS) is 9.85. The van der Waals surface area contributed by atoms with Crippen LogP contribution in [0.4, 0.5) is 5.69 Å². The minimum absolute atomic E-state index is 0.239. The summed E-state index contributed by atoms with van der Waals surface area (Å²) in [7, 11) is 0. The lowest BCUT2D eigenvalue weighted by Gasteiger charge is -2.08. The van der Waals surface area contributed by atoms with E-state index in [4.69, 9.17) is 39.5 Å². The standard InChI is InChI=1S/C13H12Cl3NO3/c1-7(2)3-13(19)20-6-12(18)17-11-5-9(15)8(14)4-10(11)16/h3-5H,6H2,1-2H3,(H,17,18). The summed E-state index contributed by atoms with van der Waals surface area (Å²) < 4.78 is 4.75. The van der Waals surface area contributed by atoms with Crippen LogP contribution in [0.15, 0.2) is 23.8 Å². The second-order valence-corrected chi connectivity index (χ2v) is 5.35. The first-order valence-corrected chi connectivity index (χ1v) is 6.69. The van der Waals surface area contributed by atoms with Crippen LogP contribution < -0.4 is 5.32 Å². The zero-order chi connectivity index (χ0) is 15.3. The Kier molecular flexibility index (Phi) is 6.33. The lowest BCUT2D eigenvalue weighted by atomic mass is 10.3. The third-order valence-electron chi connectivity index (χ3n) is 2.04. The molecule has 0 aliphatic heterocycles. The van der Waals surface area contributed by atoms with Gasteiger partial charge < -0.3 is 10.1 Å². The molecule has 20 heavy (non-hydrogen) atoms. The van der Waals surface area contributed by atoms with Crippen LogP contribution in [0.5, 0.6) is 0 Å². The minimum atomic E-state index is -0.583. The van der Waals surface area contributed by atoms with Gasteiger partial charge in [0, 0.05) is 6.08 Å². The molecule has 0 saturated heterocycles. The average Bonchev–Trinajstić information content (AvgIpc) is 2.32. The van der Waals surface area contributed by atoms with Gasteiger partial charge in [-0.05, 0) is 26.0 Å². The van der Waals surface area contributed by atoms with E-state index in [0.29, 0.717) is 5.69 Å². The number of carbonyl (C=O) groups is 2. The molecule has 0 fully saturated rings. The highest BCUT2D eigenvalue weighted by Crippen LogP contribution is 2.32. The van der Waals surface area contributed by atoms with Gasteiger partial charge in [0.25, 0.3) is 5.91 Å². The number of benzene rings is 1. The maximum Gasteiger partial charge on any atom is 0.331 e. The van der Waals surface area contributed by atoms with Gasteiger partial charge in [-0.15, -0.1) is 0 Å². The Balaban J connectivity index is 2.61. The molecule has 0 atom stereocenters. The van der Waals surface area contributed by atoms with Crippen molar-refractivity contribution in [1.29, 1.82) is 0 Å². The van der Waals surface area contributed by atoms with Gasteiger partial charge in [-0.1, -0.05) is 40.4 Å². The average molecular weight is 337 g/mol. The molecule has 0 saturated carbocycles. The summed E-state index contributed by atoms with van der Waals surface area (Å²) in [6.07, 6.45) is 1.29. The van der Waals surface area contributed by atoms with Gasteiger partial charge in [-0.25, -0.2) is 4.79 Å². The topological polar surface area (TPSA) is 55.4 Å². The first-order valence-electron chi connectivity index (χ1n) is 5.55. The number of carbonyl (C=O) groups excluding carboxylic acids is 2. The van der Waals surface area contributed by atoms with E-state index in [1.807, 2.05) is 0 Å². The number of rotatable bonds is 4. The van der Waals surface area contributed by atoms with E-state index in [2.05, 4.69) is 5.32 Å². The van der Waals surface area contributed by atoms with Crippen LogP contribution >= 0.6 is 34.8 Å². The molecule has 1 N–H and O–H groups in total. The first-order chi connectivity index (χ1) is 9.29. The maximum atomic E-state index is 11.6. The van der Waals surface area contributed by atoms with Gasteiger partial charge in [-0.3, -0.25) is 4.79 Å². The number of amides is 1. The van der Waals surface area contributed by atoms with Crippen LogP contribution in [0, 0.1) is 0 Å². The lowest BCUT2D eigenvalue weighted by Crippen LogP contribution is -2.20. The molecule has 1 aromatic carbocycles. The zero-order valence-corrected chi connectivity index (χ0v) is 13.1. The van der Waals surface area contributed by atoms with Gasteiger partial charge in [-0.2, -0.15) is 0 Å². The lowest BCUT2D eigenvalue weighted by molar-refractivity contribution is -0.142. The summed E-state index contributed by atoms with van der Waals surface area (Å²) in [5.74, 6) is -1.11. The van der Waals surface area contributed by atoms with Crippen LogP contribution in [0.2, 0.25) is 15.1 Å². The van der Waals surface area contributed by atoms with Gasteiger partial charge in [0.15, 0.2) is 6.61 Å². The van der Waals surface area contributed by atoms with Crippen LogP contribution in [-0.2, 0) is 14.3 Å². The first kappa shape index (κ1) is 16.8. The van der Waals surface area contributed by atoms with E-state index in [-0.39, 0.29) is 15.1 Å². The Labute approximate surface area is 131 Å². The van der Waals surface area contributed by atoms with E-state index >= 15 is 0 Å². The number of hydrogen-bond donors (Lipinski definition) is 1. The summed E-state index contributed by atoms with van der Waals surface area (Å²) in [4.78, 5) is 22.8. The Bertz CT molecular complexity index is 566. The fourth-order valence-electron chi connectivity index (χ4n) is 1.22. The van der Waals surface area contributed by atoms with Crippen molar-refractivity contribution in [2.45, 2.75) is 13.8 Å². The van der Waals surface area contributed by atoms with Gasteiger partial charge in [0.1, 0.15) is 0 Å². The van der Waals surface area contributed by atoms with Crippen molar-refractivity contribution < 1.29 is 14.3 Å². The predicted molar refractivity (Wildman–Crippen MR) is 80.5 cm³/mol. The van der Waals surface area contributed by atoms with E-state index in [1.165, 1.54) is 18.2 Å². The molecule has 1 aromatic rings. The maximum absolute atomic E-state index is 11.6. The van der Waals surface area contributed by atoms with Gasteiger partial charge in [0.2, 0.25) is 0 Å². The van der Waals surface area contributed by atoms with E-state index in [1.54, 1.807) is 13.8 Å². The second kappa shape index (κ2) is 7.53. The number of ether oxygens (including phenoxy) is 1. The van der Waals surface area contributed by atoms with Crippen molar-refractivity contribution in [2.24, 2.45) is 0 Å². The Morgan fingerprint density at radius 3 is 2.35 bits per heavy atom. The van der Waals surface area contributed by atoms with Crippen LogP contribution in [-0.4, -0.2) is 18.5 Å². The largest absolute Gasteiger partial charge is 0.452 e. The predicted octanol–water partition coefficient (Wildman–Crippen LogP) is 4.09. The van der Waals surface area contributed by atoms with E-state index < -0.39 is 18.5 Å². The van der Waals surface area contributed by atoms with E-state index in [0.717, 1.165) is 5.57 Å². The fraction of sp³-hybridized carbons (Fsp3) is 0.231. The SMILES string of the molecule is CC(C)=CC(=O)OCC(=O)Nc1cc(Cl)c(Cl)cc1Cl. The third-order valence-corrected chi connectivity index (χ3v) is 3.07. The number of allylic oxidation sites excluding steroid dienone is 1. The monoisotopic (exact) mass is 335 g/mol. The molecule has 108 valence electrons. The van der Waals surface area contributed by atoms with Crippen molar-refractivity contribution >= 4 is 52.4 Å². The quantitative estimate of drug-likeness (QED) is 0.512. The Morgan fingerprint density at radius 2 is 1.75 bits per heavy atom. The molecule has 0 radical (unpaired) electrons. The minimum Gasteiger partial charge on any atom is -0.452 e. The molecule has 7 heteroatoms. The van der Waals surface area contributed by atoms with Crippen molar-refractivity contribution in [2.75, 3.05) is 11.9 Å². The molecule has 0 spiro atoms. The molecule has 1 rings (SSSR count). The number of halogens is 3. The van der Waals surface area contributed by atoms with Crippen molar-refractivity contribution in [3.63, 3.8) is 0 Å². The van der Waals surface area contributed by atoms with Gasteiger partial charge in [0.05, 0.1) is 20.8 Å². The molecule has 4 nitrogen and oxygen atoms in total. The van der Waals surface area contributed by atoms with Gasteiger partial charge >= 0.3 is 5.97 Å². The highest BCUT2D eigenvalue weighted by Gasteiger charge is 2.10. The van der Waals surface area contributed by atoms with Crippen LogP contribution in [0.3, 0.4) is 0 Å². The molecular formula is C13H12Cl3NO3. The highest BCUT2D eigenvalue weighted by molar-refractivity contribution is 6.44. The zero-order valence-electron chi connectivity index (χ0n) is 10.8. The number of nitrogens with one attached hydrogen (secondary N) is 1. The number of esters is 1. The molecule has 0 bridgehead atoms. The number of hydrogen-bond acceptors (Lipinski definition) is 3. The molecule has 0 unspecified atom stereocenters. The smallest absolute Gasteiger partial charge is 0.331 e. The molecular weight excluding hydrogens is 325 g/mol. The van der Waals surface area contributed by atoms with Crippen LogP contribution in [0.1, 0.15) is 13.8 Å². The molecule has 0 aliphatic carbocycles. The van der Waals surface area contributed by atoms with E-state index in [9.17, 15) is 9.59 Å². The molecule has 0 heterocycles. The second-order valence-electron chi connectivity index (χ2n) is 4.12. The highest BCUT2D eigenvalue weighted by atomic mass is 35.5. The third kappa shape index (κ3) is 5.41. The van der Waals surface area contributed by atoms with Crippen molar-refractivity contribution in [1.82, 2.24) is 0 Å². The Hall–Kier alpha value is -1.23. The fourth-order valence-corrected chi connectivity index (χ4v) is 1.81. The van der Waals surface area contributed by atoms with Crippen molar-refractivity contribution in [3.8, 4) is 0 Å². The summed E-state index contributed by atoms with van der Waals surface area (Å²) in [5.41, 5.74) is 1.08. The number of anilines is 1. The molecule has 0 aromatic heterocycles. The molecule has 1 amide bonds. The summed E-state index contributed by atoms with van der Waals surface area (Å²) in [6.45, 7) is 3.08. The summed E-state index contributed by atoms with van der Waals surface area (Å²) in [6, 6.07) is 2.83. The molecule has 0 aliphatic rings. The Morgan fingerprint density at radius 1 is 1.15 bits per heavy atom. The van der Waals surface area contributed by atoms with Crippen LogP contribution in [0.25, 0.3) is 0 Å². The summed E-state index contributed by atoms with van der Waals surface area (Å²) in [5, 5.41) is 3.25.